The van der Waals surface area contributed by atoms with Crippen LogP contribution in [0.4, 0.5) is 23.4 Å². The predicted molar refractivity (Wildman–Crippen MR) is 117 cm³/mol. The van der Waals surface area contributed by atoms with Gasteiger partial charge in [-0.2, -0.15) is 13.2 Å². The van der Waals surface area contributed by atoms with Gasteiger partial charge < -0.3 is 5.11 Å². The maximum absolute atomic E-state index is 14.0. The lowest BCUT2D eigenvalue weighted by atomic mass is 9.96. The summed E-state index contributed by atoms with van der Waals surface area (Å²) in [6, 6.07) is 12.0. The molecular weight excluding hydrogens is 452 g/mol. The van der Waals surface area contributed by atoms with Crippen molar-refractivity contribution in [3.05, 3.63) is 84.1 Å². The van der Waals surface area contributed by atoms with E-state index in [0.29, 0.717) is 0 Å². The molecule has 4 aromatic rings. The number of aliphatic hydroxyl groups is 1. The maximum Gasteiger partial charge on any atom is 0.416 e. The number of alkyl halides is 3. The van der Waals surface area contributed by atoms with Gasteiger partial charge in [0.1, 0.15) is 11.4 Å². The molecule has 0 aliphatic carbocycles. The quantitative estimate of drug-likeness (QED) is 0.423. The fourth-order valence-corrected chi connectivity index (χ4v) is 3.67. The summed E-state index contributed by atoms with van der Waals surface area (Å²) in [6.07, 6.45) is -2.35. The largest absolute Gasteiger partial charge is 0.416 e. The van der Waals surface area contributed by atoms with Crippen molar-refractivity contribution in [3.8, 4) is 11.1 Å². The average Bonchev–Trinajstić information content (AvgIpc) is 3.17. The molecule has 1 atom stereocenters. The summed E-state index contributed by atoms with van der Waals surface area (Å²) in [4.78, 5) is 18.3. The molecule has 0 unspecified atom stereocenters. The molecule has 1 aromatic carbocycles. The first kappa shape index (κ1) is 23.4. The molecule has 0 saturated heterocycles. The molecular formula is C24H20F4N4O2. The van der Waals surface area contributed by atoms with Gasteiger partial charge in [0, 0.05) is 19.4 Å². The Balaban J connectivity index is 1.81. The van der Waals surface area contributed by atoms with Crippen molar-refractivity contribution in [2.24, 2.45) is 0 Å². The maximum atomic E-state index is 14.0. The number of nitrogens with zero attached hydrogens (tertiary/aromatic N) is 4. The highest BCUT2D eigenvalue weighted by Gasteiger charge is 2.34. The molecule has 0 aliphatic heterocycles. The normalized spacial score (nSPS) is 13.6. The lowest BCUT2D eigenvalue weighted by molar-refractivity contribution is -0.137. The number of rotatable bonds is 5. The standard InChI is InChI=1S/C24H20F4N4O2/c1-23(34,19-8-3-4-10-29-19)14-20(33)31(2)22-21(15-6-5-7-17(25)12-15)18-13-16(24(26,27)28)9-11-32(18)30-22/h3-13,34H,14H2,1-2H3/t23-/m1/s1. The van der Waals surface area contributed by atoms with Gasteiger partial charge in [0.25, 0.3) is 0 Å². The minimum Gasteiger partial charge on any atom is -0.383 e. The van der Waals surface area contributed by atoms with Crippen LogP contribution in [0, 0.1) is 5.82 Å². The summed E-state index contributed by atoms with van der Waals surface area (Å²) in [5.74, 6) is -1.14. The van der Waals surface area contributed by atoms with Crippen LogP contribution in [0.15, 0.2) is 67.0 Å². The minimum atomic E-state index is -4.60. The molecule has 0 saturated carbocycles. The van der Waals surface area contributed by atoms with Crippen LogP contribution in [0.2, 0.25) is 0 Å². The minimum absolute atomic E-state index is 0.0201. The Labute approximate surface area is 192 Å². The highest BCUT2D eigenvalue weighted by molar-refractivity contribution is 6.00. The van der Waals surface area contributed by atoms with E-state index in [2.05, 4.69) is 10.1 Å². The van der Waals surface area contributed by atoms with Crippen molar-refractivity contribution >= 4 is 17.2 Å². The number of aromatic nitrogens is 3. The number of carbonyl (C=O) groups is 1. The van der Waals surface area contributed by atoms with Gasteiger partial charge in [-0.25, -0.2) is 8.91 Å². The van der Waals surface area contributed by atoms with Gasteiger partial charge in [0.2, 0.25) is 5.91 Å². The third-order valence-corrected chi connectivity index (χ3v) is 5.46. The molecule has 0 fully saturated rings. The second kappa shape index (κ2) is 8.53. The van der Waals surface area contributed by atoms with Crippen molar-refractivity contribution in [2.45, 2.75) is 25.1 Å². The summed E-state index contributed by atoms with van der Waals surface area (Å²) in [5.41, 5.74) is -1.78. The third-order valence-electron chi connectivity index (χ3n) is 5.46. The second-order valence-corrected chi connectivity index (χ2v) is 8.07. The molecule has 3 heterocycles. The number of pyridine rings is 2. The molecule has 0 spiro atoms. The number of anilines is 1. The number of benzene rings is 1. The van der Waals surface area contributed by atoms with E-state index >= 15 is 0 Å². The average molecular weight is 472 g/mol. The molecule has 0 bridgehead atoms. The third kappa shape index (κ3) is 4.49. The van der Waals surface area contributed by atoms with E-state index in [4.69, 9.17) is 0 Å². The summed E-state index contributed by atoms with van der Waals surface area (Å²) in [7, 11) is 1.39. The Morgan fingerprint density at radius 2 is 1.88 bits per heavy atom. The van der Waals surface area contributed by atoms with Crippen molar-refractivity contribution in [1.29, 1.82) is 0 Å². The van der Waals surface area contributed by atoms with Gasteiger partial charge in [0.15, 0.2) is 5.82 Å². The van der Waals surface area contributed by atoms with Crippen LogP contribution in [-0.4, -0.2) is 32.7 Å². The van der Waals surface area contributed by atoms with E-state index < -0.39 is 29.1 Å². The lowest BCUT2D eigenvalue weighted by Crippen LogP contribution is -2.35. The monoisotopic (exact) mass is 472 g/mol. The summed E-state index contributed by atoms with van der Waals surface area (Å²) < 4.78 is 55.3. The molecule has 1 amide bonds. The van der Waals surface area contributed by atoms with Gasteiger partial charge in [-0.05, 0) is 48.9 Å². The number of halogens is 4. The first-order chi connectivity index (χ1) is 16.0. The van der Waals surface area contributed by atoms with E-state index in [9.17, 15) is 27.5 Å². The van der Waals surface area contributed by atoms with E-state index in [-0.39, 0.29) is 34.6 Å². The Kier molecular flexibility index (Phi) is 5.86. The highest BCUT2D eigenvalue weighted by atomic mass is 19.4. The van der Waals surface area contributed by atoms with Crippen LogP contribution in [0.1, 0.15) is 24.6 Å². The van der Waals surface area contributed by atoms with Crippen molar-refractivity contribution in [3.63, 3.8) is 0 Å². The van der Waals surface area contributed by atoms with Crippen molar-refractivity contribution < 1.29 is 27.5 Å². The number of amides is 1. The van der Waals surface area contributed by atoms with E-state index in [1.54, 1.807) is 18.2 Å². The summed E-state index contributed by atoms with van der Waals surface area (Å²) >= 11 is 0. The van der Waals surface area contributed by atoms with Gasteiger partial charge in [0.05, 0.1) is 28.8 Å². The van der Waals surface area contributed by atoms with Crippen LogP contribution in [0.3, 0.4) is 0 Å². The van der Waals surface area contributed by atoms with Crippen LogP contribution in [0.5, 0.6) is 0 Å². The molecule has 0 aliphatic rings. The fraction of sp³-hybridized carbons (Fsp3) is 0.208. The Morgan fingerprint density at radius 1 is 1.12 bits per heavy atom. The molecule has 6 nitrogen and oxygen atoms in total. The number of hydrogen-bond donors (Lipinski definition) is 1. The van der Waals surface area contributed by atoms with Crippen LogP contribution in [0.25, 0.3) is 16.6 Å². The molecule has 0 radical (unpaired) electrons. The molecule has 176 valence electrons. The summed E-state index contributed by atoms with van der Waals surface area (Å²) in [5, 5.41) is 15.1. The van der Waals surface area contributed by atoms with Crippen LogP contribution >= 0.6 is 0 Å². The topological polar surface area (TPSA) is 70.7 Å². The Bertz CT molecular complexity index is 1350. The predicted octanol–water partition coefficient (Wildman–Crippen LogP) is 4.81. The van der Waals surface area contributed by atoms with Gasteiger partial charge in [-0.3, -0.25) is 14.7 Å². The van der Waals surface area contributed by atoms with E-state index in [0.717, 1.165) is 29.3 Å². The van der Waals surface area contributed by atoms with E-state index in [1.165, 1.54) is 42.9 Å². The molecule has 34 heavy (non-hydrogen) atoms. The first-order valence-electron chi connectivity index (χ1n) is 10.2. The zero-order chi connectivity index (χ0) is 24.7. The van der Waals surface area contributed by atoms with Crippen LogP contribution < -0.4 is 4.90 Å². The van der Waals surface area contributed by atoms with Crippen LogP contribution in [-0.2, 0) is 16.6 Å². The molecule has 4 rings (SSSR count). The van der Waals surface area contributed by atoms with Crippen molar-refractivity contribution in [2.75, 3.05) is 11.9 Å². The zero-order valence-electron chi connectivity index (χ0n) is 18.2. The fourth-order valence-electron chi connectivity index (χ4n) is 3.67. The zero-order valence-corrected chi connectivity index (χ0v) is 18.2. The second-order valence-electron chi connectivity index (χ2n) is 8.07. The molecule has 3 aromatic heterocycles. The van der Waals surface area contributed by atoms with E-state index in [1.807, 2.05) is 0 Å². The van der Waals surface area contributed by atoms with Gasteiger partial charge in [-0.1, -0.05) is 18.2 Å². The Hall–Kier alpha value is -3.79. The SMILES string of the molecule is CN(C(=O)C[C@@](C)(O)c1ccccn1)c1nn2ccc(C(F)(F)F)cc2c1-c1cccc(F)c1. The van der Waals surface area contributed by atoms with Gasteiger partial charge in [-0.15, -0.1) is 5.10 Å². The van der Waals surface area contributed by atoms with Gasteiger partial charge >= 0.3 is 6.18 Å². The first-order valence-corrected chi connectivity index (χ1v) is 10.2. The number of fused-ring (bicyclic) bond motifs is 1. The summed E-state index contributed by atoms with van der Waals surface area (Å²) in [6.45, 7) is 1.44. The van der Waals surface area contributed by atoms with Crippen molar-refractivity contribution in [1.82, 2.24) is 14.6 Å². The highest BCUT2D eigenvalue weighted by Crippen LogP contribution is 2.38. The Morgan fingerprint density at radius 3 is 2.53 bits per heavy atom. The smallest absolute Gasteiger partial charge is 0.383 e. The number of hydrogen-bond acceptors (Lipinski definition) is 4. The lowest BCUT2D eigenvalue weighted by Gasteiger charge is -2.25. The number of carbonyl (C=O) groups excluding carboxylic acids is 1. The molecule has 10 heteroatoms. The molecule has 1 N–H and O–H groups in total.